The van der Waals surface area contributed by atoms with Gasteiger partial charge in [-0.15, -0.1) is 0 Å². The molecule has 4 aromatic rings. The van der Waals surface area contributed by atoms with Crippen LogP contribution in [0.4, 0.5) is 29.3 Å². The van der Waals surface area contributed by atoms with Crippen molar-refractivity contribution in [2.45, 2.75) is 26.1 Å². The molecule has 0 aliphatic rings. The zero-order valence-electron chi connectivity index (χ0n) is 17.9. The van der Waals surface area contributed by atoms with Gasteiger partial charge in [0.25, 0.3) is 0 Å². The fourth-order valence-corrected chi connectivity index (χ4v) is 3.38. The molecule has 8 heteroatoms. The number of hydrogen-bond donors (Lipinski definition) is 2. The predicted octanol–water partition coefficient (Wildman–Crippen LogP) is 6.36. The maximum atomic E-state index is 13.2. The first kappa shape index (κ1) is 22.5. The van der Waals surface area contributed by atoms with Crippen molar-refractivity contribution in [3.8, 4) is 0 Å². The van der Waals surface area contributed by atoms with Crippen LogP contribution in [0.1, 0.15) is 22.3 Å². The molecule has 0 spiro atoms. The number of benzene rings is 3. The number of nitrogens with one attached hydrogen (secondary N) is 2. The third-order valence-corrected chi connectivity index (χ3v) is 5.21. The predicted molar refractivity (Wildman–Crippen MR) is 122 cm³/mol. The first-order valence-corrected chi connectivity index (χ1v) is 10.4. The molecule has 1 heterocycles. The van der Waals surface area contributed by atoms with Gasteiger partial charge in [-0.05, 0) is 54.8 Å². The summed E-state index contributed by atoms with van der Waals surface area (Å²) < 4.78 is 52.8. The number of nitrogens with zero attached hydrogens (tertiary/aromatic N) is 2. The molecule has 1 aromatic heterocycles. The maximum Gasteiger partial charge on any atom is 0.416 e. The molecule has 2 N–H and O–H groups in total. The number of rotatable bonds is 7. The monoisotopic (exact) mass is 454 g/mol. The average Bonchev–Trinajstić information content (AvgIpc) is 2.79. The number of aromatic nitrogens is 2. The highest BCUT2D eigenvalue weighted by Crippen LogP contribution is 2.32. The summed E-state index contributed by atoms with van der Waals surface area (Å²) in [7, 11) is 0. The van der Waals surface area contributed by atoms with E-state index in [0.29, 0.717) is 30.7 Å². The minimum absolute atomic E-state index is 0.190. The molecular formula is C25H22F4N4. The lowest BCUT2D eigenvalue weighted by Crippen LogP contribution is -2.11. The van der Waals surface area contributed by atoms with E-state index in [0.717, 1.165) is 28.8 Å². The van der Waals surface area contributed by atoms with Crippen molar-refractivity contribution in [1.82, 2.24) is 9.97 Å². The summed E-state index contributed by atoms with van der Waals surface area (Å²) >= 11 is 0. The lowest BCUT2D eigenvalue weighted by molar-refractivity contribution is -0.137. The number of halogens is 4. The van der Waals surface area contributed by atoms with Gasteiger partial charge in [0.1, 0.15) is 11.6 Å². The molecule has 4 nitrogen and oxygen atoms in total. The van der Waals surface area contributed by atoms with Crippen molar-refractivity contribution < 1.29 is 17.6 Å². The van der Waals surface area contributed by atoms with Crippen LogP contribution in [0.15, 0.2) is 66.7 Å². The van der Waals surface area contributed by atoms with Gasteiger partial charge in [0, 0.05) is 18.5 Å². The second kappa shape index (κ2) is 9.44. The normalized spacial score (nSPS) is 11.5. The minimum Gasteiger partial charge on any atom is -0.369 e. The Morgan fingerprint density at radius 1 is 0.818 bits per heavy atom. The largest absolute Gasteiger partial charge is 0.416 e. The van der Waals surface area contributed by atoms with Crippen LogP contribution in [0.2, 0.25) is 0 Å². The van der Waals surface area contributed by atoms with Gasteiger partial charge in [-0.1, -0.05) is 42.0 Å². The maximum absolute atomic E-state index is 13.2. The number of anilines is 2. The van der Waals surface area contributed by atoms with Crippen molar-refractivity contribution in [3.63, 3.8) is 0 Å². The number of hydrogen-bond acceptors (Lipinski definition) is 4. The lowest BCUT2D eigenvalue weighted by Gasteiger charge is -2.14. The van der Waals surface area contributed by atoms with Crippen LogP contribution in [0.5, 0.6) is 0 Å². The quantitative estimate of drug-likeness (QED) is 0.319. The highest BCUT2D eigenvalue weighted by atomic mass is 19.4. The SMILES string of the molecule is Cc1ccc(CNc2nc(NCCc3ccc(F)cc3)c3ccc(C(F)(F)F)cc3n2)cc1. The first-order chi connectivity index (χ1) is 15.8. The van der Waals surface area contributed by atoms with Gasteiger partial charge in [0.05, 0.1) is 11.1 Å². The lowest BCUT2D eigenvalue weighted by atomic mass is 10.1. The molecule has 33 heavy (non-hydrogen) atoms. The summed E-state index contributed by atoms with van der Waals surface area (Å²) in [6.45, 7) is 2.89. The van der Waals surface area contributed by atoms with Gasteiger partial charge < -0.3 is 10.6 Å². The Morgan fingerprint density at radius 2 is 1.52 bits per heavy atom. The van der Waals surface area contributed by atoms with Gasteiger partial charge in [-0.25, -0.2) is 9.37 Å². The topological polar surface area (TPSA) is 49.8 Å². The van der Waals surface area contributed by atoms with E-state index in [1.807, 2.05) is 31.2 Å². The Balaban J connectivity index is 1.59. The third-order valence-electron chi connectivity index (χ3n) is 5.21. The Morgan fingerprint density at radius 3 is 2.21 bits per heavy atom. The summed E-state index contributed by atoms with van der Waals surface area (Å²) in [5.74, 6) is 0.354. The Kier molecular flexibility index (Phi) is 6.44. The van der Waals surface area contributed by atoms with E-state index in [-0.39, 0.29) is 17.3 Å². The van der Waals surface area contributed by atoms with E-state index in [2.05, 4.69) is 20.6 Å². The summed E-state index contributed by atoms with van der Waals surface area (Å²) in [6.07, 6.45) is -3.87. The zero-order valence-corrected chi connectivity index (χ0v) is 17.9. The molecule has 0 radical (unpaired) electrons. The van der Waals surface area contributed by atoms with E-state index < -0.39 is 11.7 Å². The smallest absolute Gasteiger partial charge is 0.369 e. The van der Waals surface area contributed by atoms with Crippen molar-refractivity contribution in [2.75, 3.05) is 17.2 Å². The molecule has 0 unspecified atom stereocenters. The second-order valence-corrected chi connectivity index (χ2v) is 7.77. The molecule has 0 atom stereocenters. The molecule has 170 valence electrons. The fourth-order valence-electron chi connectivity index (χ4n) is 3.38. The number of aryl methyl sites for hydroxylation is 1. The van der Waals surface area contributed by atoms with E-state index in [1.165, 1.54) is 18.2 Å². The van der Waals surface area contributed by atoms with Crippen molar-refractivity contribution in [1.29, 1.82) is 0 Å². The fraction of sp³-hybridized carbons (Fsp3) is 0.200. The van der Waals surface area contributed by atoms with Crippen molar-refractivity contribution >= 4 is 22.7 Å². The Hall–Kier alpha value is -3.68. The zero-order chi connectivity index (χ0) is 23.4. The second-order valence-electron chi connectivity index (χ2n) is 7.77. The van der Waals surface area contributed by atoms with Crippen LogP contribution in [0.25, 0.3) is 10.9 Å². The molecule has 0 aliphatic carbocycles. The summed E-state index contributed by atoms with van der Waals surface area (Å²) in [5.41, 5.74) is 2.48. The van der Waals surface area contributed by atoms with Crippen LogP contribution in [-0.4, -0.2) is 16.5 Å². The third kappa shape index (κ3) is 5.77. The molecule has 0 saturated heterocycles. The van der Waals surface area contributed by atoms with Gasteiger partial charge in [-0.3, -0.25) is 0 Å². The van der Waals surface area contributed by atoms with Gasteiger partial charge in [0.2, 0.25) is 5.95 Å². The average molecular weight is 454 g/mol. The minimum atomic E-state index is -4.47. The summed E-state index contributed by atoms with van der Waals surface area (Å²) in [4.78, 5) is 8.81. The van der Waals surface area contributed by atoms with Gasteiger partial charge >= 0.3 is 6.18 Å². The molecule has 0 aliphatic heterocycles. The Bertz CT molecular complexity index is 1240. The van der Waals surface area contributed by atoms with E-state index in [4.69, 9.17) is 0 Å². The van der Waals surface area contributed by atoms with E-state index >= 15 is 0 Å². The molecular weight excluding hydrogens is 432 g/mol. The molecule has 0 bridgehead atoms. The molecule has 0 saturated carbocycles. The molecule has 0 amide bonds. The van der Waals surface area contributed by atoms with Crippen molar-refractivity contribution in [3.05, 3.63) is 94.8 Å². The number of fused-ring (bicyclic) bond motifs is 1. The van der Waals surface area contributed by atoms with Crippen LogP contribution in [0, 0.1) is 12.7 Å². The molecule has 4 rings (SSSR count). The van der Waals surface area contributed by atoms with Crippen LogP contribution >= 0.6 is 0 Å². The van der Waals surface area contributed by atoms with Gasteiger partial charge in [-0.2, -0.15) is 18.2 Å². The highest BCUT2D eigenvalue weighted by molar-refractivity contribution is 5.90. The summed E-state index contributed by atoms with van der Waals surface area (Å²) in [5, 5.41) is 6.78. The standard InChI is InChI=1S/C25H22F4N4/c1-16-2-4-18(5-3-16)15-31-24-32-22-14-19(25(27,28)29)8-11-21(22)23(33-24)30-13-12-17-6-9-20(26)10-7-17/h2-11,14H,12-13,15H2,1H3,(H2,30,31,32,33). The van der Waals surface area contributed by atoms with Crippen molar-refractivity contribution in [2.24, 2.45) is 0 Å². The highest BCUT2D eigenvalue weighted by Gasteiger charge is 2.30. The van der Waals surface area contributed by atoms with Gasteiger partial charge in [0.15, 0.2) is 0 Å². The van der Waals surface area contributed by atoms with Crippen LogP contribution < -0.4 is 10.6 Å². The van der Waals surface area contributed by atoms with Crippen LogP contribution in [0.3, 0.4) is 0 Å². The number of alkyl halides is 3. The van der Waals surface area contributed by atoms with E-state index in [1.54, 1.807) is 12.1 Å². The molecule has 0 fully saturated rings. The first-order valence-electron chi connectivity index (χ1n) is 10.4. The van der Waals surface area contributed by atoms with Crippen LogP contribution in [-0.2, 0) is 19.1 Å². The summed E-state index contributed by atoms with van der Waals surface area (Å²) in [6, 6.07) is 17.5. The van der Waals surface area contributed by atoms with E-state index in [9.17, 15) is 17.6 Å². The Labute approximate surface area is 188 Å². The molecule has 3 aromatic carbocycles.